The van der Waals surface area contributed by atoms with E-state index < -0.39 is 8.07 Å². The zero-order chi connectivity index (χ0) is 14.6. The highest BCUT2D eigenvalue weighted by molar-refractivity contribution is 7.23. The van der Waals surface area contributed by atoms with Crippen molar-refractivity contribution in [3.63, 3.8) is 0 Å². The Morgan fingerprint density at radius 1 is 0.900 bits per heavy atom. The van der Waals surface area contributed by atoms with Crippen molar-refractivity contribution in [1.29, 1.82) is 0 Å². The molecule has 0 fully saturated rings. The molecule has 0 aromatic heterocycles. The molecule has 0 saturated carbocycles. The monoisotopic (exact) mass is 280 g/mol. The summed E-state index contributed by atoms with van der Waals surface area (Å²) < 4.78 is 0. The molecule has 20 heavy (non-hydrogen) atoms. The minimum atomic E-state index is -2.40. The molecule has 0 bridgehead atoms. The van der Waals surface area contributed by atoms with E-state index in [4.69, 9.17) is 0 Å². The highest BCUT2D eigenvalue weighted by atomic mass is 28.3. The van der Waals surface area contributed by atoms with Gasteiger partial charge in [-0.25, -0.2) is 0 Å². The molecule has 1 nitrogen and oxygen atoms in total. The average Bonchev–Trinajstić information content (AvgIpc) is 2.54. The second-order valence-electron chi connectivity index (χ2n) is 5.16. The van der Waals surface area contributed by atoms with E-state index in [1.54, 1.807) is 0 Å². The smallest absolute Gasteiger partial charge is 0.196 e. The molecule has 2 aromatic carbocycles. The predicted molar refractivity (Wildman–Crippen MR) is 88.2 cm³/mol. The van der Waals surface area contributed by atoms with E-state index in [-0.39, 0.29) is 5.41 Å². The fourth-order valence-corrected chi connectivity index (χ4v) is 6.01. The topological polar surface area (TPSA) is 17.1 Å². The molecular weight excluding hydrogens is 260 g/mol. The van der Waals surface area contributed by atoms with Crippen molar-refractivity contribution in [3.05, 3.63) is 72.3 Å². The molecule has 102 valence electrons. The number of benzene rings is 2. The molecule has 0 aliphatic rings. The molecular formula is C18H20OSi. The van der Waals surface area contributed by atoms with Gasteiger partial charge in [-0.1, -0.05) is 73.3 Å². The number of carbonyl (C=O) groups excluding carboxylic acids is 1. The normalized spacial score (nSPS) is 12.2. The molecule has 0 saturated heterocycles. The first kappa shape index (κ1) is 14.5. The fourth-order valence-electron chi connectivity index (χ4n) is 2.50. The standard InChI is InChI=1S/C18H20OSi/c1-4-15(2)18(19)20(3,16-11-7-5-8-12-16)17-13-9-6-10-14-17/h4-14H,1-3H3/b15-4+. The second-order valence-corrected chi connectivity index (χ2v) is 9.02. The maximum atomic E-state index is 13.0. The van der Waals surface area contributed by atoms with E-state index in [9.17, 15) is 4.79 Å². The SMILES string of the molecule is C/C=C(\C)C(=O)[Si](C)(c1ccccc1)c1ccccc1. The fraction of sp³-hybridized carbons (Fsp3) is 0.167. The van der Waals surface area contributed by atoms with E-state index in [0.29, 0.717) is 0 Å². The molecule has 0 unspecified atom stereocenters. The molecule has 2 rings (SSSR count). The molecule has 0 heterocycles. The van der Waals surface area contributed by atoms with E-state index in [1.807, 2.05) is 56.3 Å². The highest BCUT2D eigenvalue weighted by Crippen LogP contribution is 2.12. The molecule has 0 radical (unpaired) electrons. The summed E-state index contributed by atoms with van der Waals surface area (Å²) in [6, 6.07) is 20.4. The zero-order valence-corrected chi connectivity index (χ0v) is 13.3. The van der Waals surface area contributed by atoms with Gasteiger partial charge in [0.15, 0.2) is 8.07 Å². The number of carbonyl (C=O) groups is 1. The summed E-state index contributed by atoms with van der Waals surface area (Å²) in [4.78, 5) is 13.0. The predicted octanol–water partition coefficient (Wildman–Crippen LogP) is 2.95. The van der Waals surface area contributed by atoms with Crippen molar-refractivity contribution < 1.29 is 4.79 Å². The Morgan fingerprint density at radius 3 is 1.65 bits per heavy atom. The Kier molecular flexibility index (Phi) is 4.35. The Balaban J connectivity index is 2.64. The highest BCUT2D eigenvalue weighted by Gasteiger charge is 2.40. The first-order valence-corrected chi connectivity index (χ1v) is 9.39. The minimum Gasteiger partial charge on any atom is -0.300 e. The van der Waals surface area contributed by atoms with E-state index in [2.05, 4.69) is 30.8 Å². The lowest BCUT2D eigenvalue weighted by molar-refractivity contribution is -0.109. The summed E-state index contributed by atoms with van der Waals surface area (Å²) in [5, 5.41) is 2.62. The lowest BCUT2D eigenvalue weighted by atomic mass is 10.3. The molecule has 0 atom stereocenters. The van der Waals surface area contributed by atoms with Gasteiger partial charge in [0.25, 0.3) is 0 Å². The van der Waals surface area contributed by atoms with Crippen molar-refractivity contribution in [2.45, 2.75) is 20.4 Å². The molecule has 0 aliphatic heterocycles. The summed E-state index contributed by atoms with van der Waals surface area (Å²) in [5.41, 5.74) is 0.854. The van der Waals surface area contributed by atoms with Crippen molar-refractivity contribution >= 4 is 23.9 Å². The lowest BCUT2D eigenvalue weighted by Crippen LogP contribution is -2.62. The van der Waals surface area contributed by atoms with Crippen LogP contribution in [0.4, 0.5) is 0 Å². The quantitative estimate of drug-likeness (QED) is 0.621. The second kappa shape index (κ2) is 6.01. The van der Waals surface area contributed by atoms with Gasteiger partial charge in [0, 0.05) is 0 Å². The van der Waals surface area contributed by atoms with Gasteiger partial charge in [-0.15, -0.1) is 0 Å². The third-order valence-electron chi connectivity index (χ3n) is 3.95. The molecule has 2 heteroatoms. The van der Waals surface area contributed by atoms with Crippen LogP contribution < -0.4 is 10.4 Å². The zero-order valence-electron chi connectivity index (χ0n) is 12.3. The number of rotatable bonds is 4. The van der Waals surface area contributed by atoms with Crippen molar-refractivity contribution in [2.75, 3.05) is 0 Å². The van der Waals surface area contributed by atoms with Gasteiger partial charge >= 0.3 is 0 Å². The van der Waals surface area contributed by atoms with E-state index in [1.165, 1.54) is 0 Å². The maximum absolute atomic E-state index is 13.0. The molecule has 0 N–H and O–H groups in total. The summed E-state index contributed by atoms with van der Waals surface area (Å²) in [5.74, 6) is 0. The molecule has 0 amide bonds. The van der Waals surface area contributed by atoms with Crippen LogP contribution in [0.1, 0.15) is 13.8 Å². The van der Waals surface area contributed by atoms with E-state index in [0.717, 1.165) is 15.9 Å². The Morgan fingerprint density at radius 2 is 1.30 bits per heavy atom. The van der Waals surface area contributed by atoms with Gasteiger partial charge in [0.2, 0.25) is 0 Å². The summed E-state index contributed by atoms with van der Waals surface area (Å²) in [6.07, 6.45) is 1.92. The Labute approximate surface area is 122 Å². The van der Waals surface area contributed by atoms with Crippen LogP contribution in [0.3, 0.4) is 0 Å². The summed E-state index contributed by atoms with van der Waals surface area (Å²) in [7, 11) is -2.40. The van der Waals surface area contributed by atoms with Crippen LogP contribution in [-0.2, 0) is 4.79 Å². The summed E-state index contributed by atoms with van der Waals surface area (Å²) >= 11 is 0. The van der Waals surface area contributed by atoms with Crippen LogP contribution in [-0.4, -0.2) is 13.5 Å². The minimum absolute atomic E-state index is 0.289. The Bertz CT molecular complexity index is 575. The van der Waals surface area contributed by atoms with Crippen LogP contribution in [0, 0.1) is 0 Å². The van der Waals surface area contributed by atoms with Crippen LogP contribution in [0.5, 0.6) is 0 Å². The average molecular weight is 280 g/mol. The van der Waals surface area contributed by atoms with Gasteiger partial charge in [-0.3, -0.25) is 4.79 Å². The lowest BCUT2D eigenvalue weighted by Gasteiger charge is -2.27. The number of hydrogen-bond donors (Lipinski definition) is 0. The van der Waals surface area contributed by atoms with Crippen LogP contribution >= 0.6 is 0 Å². The number of hydrogen-bond acceptors (Lipinski definition) is 1. The van der Waals surface area contributed by atoms with Gasteiger partial charge < -0.3 is 0 Å². The van der Waals surface area contributed by atoms with Crippen molar-refractivity contribution in [3.8, 4) is 0 Å². The van der Waals surface area contributed by atoms with Crippen molar-refractivity contribution in [2.24, 2.45) is 0 Å². The molecule has 0 spiro atoms. The Hall–Kier alpha value is -1.93. The molecule has 0 aliphatic carbocycles. The van der Waals surface area contributed by atoms with Crippen LogP contribution in [0.2, 0.25) is 6.55 Å². The number of allylic oxidation sites excluding steroid dienone is 2. The largest absolute Gasteiger partial charge is 0.300 e. The summed E-state index contributed by atoms with van der Waals surface area (Å²) in [6.45, 7) is 5.99. The van der Waals surface area contributed by atoms with Gasteiger partial charge in [0.1, 0.15) is 5.41 Å². The van der Waals surface area contributed by atoms with Crippen LogP contribution in [0.15, 0.2) is 72.3 Å². The molecule has 2 aromatic rings. The van der Waals surface area contributed by atoms with Gasteiger partial charge in [-0.05, 0) is 29.8 Å². The van der Waals surface area contributed by atoms with Crippen molar-refractivity contribution in [1.82, 2.24) is 0 Å². The first-order chi connectivity index (χ1) is 9.60. The maximum Gasteiger partial charge on any atom is 0.196 e. The van der Waals surface area contributed by atoms with E-state index >= 15 is 0 Å². The third-order valence-corrected chi connectivity index (χ3v) is 8.23. The van der Waals surface area contributed by atoms with Gasteiger partial charge in [-0.2, -0.15) is 0 Å². The van der Waals surface area contributed by atoms with Crippen LogP contribution in [0.25, 0.3) is 0 Å². The third kappa shape index (κ3) is 2.52. The first-order valence-electron chi connectivity index (χ1n) is 6.89. The van der Waals surface area contributed by atoms with Gasteiger partial charge in [0.05, 0.1) is 0 Å².